The Kier molecular flexibility index (Phi) is 30.9. The van der Waals surface area contributed by atoms with Gasteiger partial charge >= 0.3 is 22.4 Å². The van der Waals surface area contributed by atoms with Crippen LogP contribution in [0.3, 0.4) is 0 Å². The van der Waals surface area contributed by atoms with Gasteiger partial charge in [-0.25, -0.2) is 0 Å². The number of unbranched alkanes of at least 4 members (excludes halogenated alkanes) is 6. The summed E-state index contributed by atoms with van der Waals surface area (Å²) in [6, 6.07) is 14.6. The van der Waals surface area contributed by atoms with Gasteiger partial charge in [-0.2, -0.15) is 13.8 Å². The number of aryl methyl sites for hydroxylation is 2. The molecule has 2 rings (SSSR count). The molecule has 284 valence electrons. The number of nitrogens with zero attached hydrogens (tertiary/aromatic N) is 4. The molecule has 0 aliphatic carbocycles. The molecule has 0 aromatic heterocycles. The van der Waals surface area contributed by atoms with Crippen LogP contribution in [0.2, 0.25) is 0 Å². The van der Waals surface area contributed by atoms with Crippen LogP contribution in [0.4, 0.5) is 11.4 Å². The summed E-state index contributed by atoms with van der Waals surface area (Å²) >= 11 is 0. The second-order valence-corrected chi connectivity index (χ2v) is 12.4. The van der Waals surface area contributed by atoms with Crippen molar-refractivity contribution in [2.24, 2.45) is 0 Å². The molecule has 0 saturated heterocycles. The van der Waals surface area contributed by atoms with Crippen LogP contribution in [0.15, 0.2) is 47.5 Å². The van der Waals surface area contributed by atoms with Crippen LogP contribution in [0.5, 0.6) is 0 Å². The Labute approximate surface area is 320 Å². The number of benzene rings is 2. The molecule has 2 aromatic carbocycles. The van der Waals surface area contributed by atoms with Crippen LogP contribution >= 0.6 is 0 Å². The zero-order valence-corrected chi connectivity index (χ0v) is 35.0. The summed E-state index contributed by atoms with van der Waals surface area (Å²) < 4.78 is 0. The number of hydrogen-bond acceptors (Lipinski definition) is 2. The predicted molar refractivity (Wildman–Crippen MR) is 221 cm³/mol. The summed E-state index contributed by atoms with van der Waals surface area (Å²) in [5.41, 5.74) is 21.3. The Hall–Kier alpha value is -2.57. The second kappa shape index (κ2) is 31.2. The van der Waals surface area contributed by atoms with Crippen LogP contribution in [-0.2, 0) is 29.3 Å². The SMILES string of the molecule is CCCCCC(C(=C=[N+]=[N-])CC)=C(c1cc(CCCCC)cc(CCCCC)c1)c1cc(N(CC)CC)cc(N(CC)CC)c1.[CH2-]C.[CH2-]C.[Ni+2]. The van der Waals surface area contributed by atoms with Gasteiger partial charge in [-0.3, -0.25) is 0 Å². The van der Waals surface area contributed by atoms with Crippen LogP contribution in [0.25, 0.3) is 11.1 Å². The van der Waals surface area contributed by atoms with Gasteiger partial charge in [0.05, 0.1) is 5.57 Å². The summed E-state index contributed by atoms with van der Waals surface area (Å²) in [4.78, 5) is 8.40. The van der Waals surface area contributed by atoms with E-state index in [4.69, 9.17) is 0 Å². The molecule has 50 heavy (non-hydrogen) atoms. The average molecular weight is 730 g/mol. The zero-order valence-electron chi connectivity index (χ0n) is 34.0. The molecular formula is C45H74N4Ni. The van der Waals surface area contributed by atoms with Gasteiger partial charge in [0.1, 0.15) is 0 Å². The second-order valence-electron chi connectivity index (χ2n) is 12.4. The molecule has 0 radical (unpaired) electrons. The van der Waals surface area contributed by atoms with E-state index in [0.29, 0.717) is 0 Å². The quantitative estimate of drug-likeness (QED) is 0.0230. The largest absolute Gasteiger partial charge is 2.00 e. The maximum atomic E-state index is 9.76. The van der Waals surface area contributed by atoms with Gasteiger partial charge in [-0.1, -0.05) is 84.4 Å². The van der Waals surface area contributed by atoms with E-state index >= 15 is 0 Å². The summed E-state index contributed by atoms with van der Waals surface area (Å²) in [6.07, 6.45) is 14.8. The average Bonchev–Trinajstić information content (AvgIpc) is 3.13. The Morgan fingerprint density at radius 2 is 1.02 bits per heavy atom. The molecule has 0 saturated carbocycles. The number of anilines is 2. The Bertz CT molecular complexity index is 1220. The van der Waals surface area contributed by atoms with Crippen molar-refractivity contribution in [3.05, 3.63) is 89.2 Å². The third-order valence-electron chi connectivity index (χ3n) is 9.16. The van der Waals surface area contributed by atoms with Crippen molar-refractivity contribution in [1.29, 1.82) is 0 Å². The molecule has 0 spiro atoms. The van der Waals surface area contributed by atoms with E-state index in [0.717, 1.165) is 63.9 Å². The monoisotopic (exact) mass is 729 g/mol. The fraction of sp³-hybridized carbons (Fsp3) is 0.600. The molecule has 0 amide bonds. The van der Waals surface area contributed by atoms with Crippen LogP contribution in [0.1, 0.15) is 162 Å². The van der Waals surface area contributed by atoms with Crippen LogP contribution < -0.4 is 9.80 Å². The summed E-state index contributed by atoms with van der Waals surface area (Å²) in [5, 5.41) is 0. The van der Waals surface area contributed by atoms with Crippen molar-refractivity contribution in [1.82, 2.24) is 0 Å². The third kappa shape index (κ3) is 16.6. The maximum Gasteiger partial charge on any atom is 2.00 e. The van der Waals surface area contributed by atoms with Crippen LogP contribution in [-0.4, -0.2) is 36.8 Å². The normalized spacial score (nSPS) is 10.6. The standard InChI is InChI=1S/C41H64N4.2C2H5.Ni/c1-9-17-20-23-33-26-34(24-21-18-10-2)28-36(27-33)41(40(25-22-19-11-3)35(12-4)32-43-42)37-29-38(44(13-5)14-6)31-39(30-37)45(15-7)16-8;2*1-2;/h26-31H,9-25H2,1-8H3;2*1H2,2H3;/q;2*-1;+2. The topological polar surface area (TPSA) is 42.9 Å². The molecule has 0 N–H and O–H groups in total. The van der Waals surface area contributed by atoms with Crippen molar-refractivity contribution >= 4 is 22.8 Å². The molecule has 4 nitrogen and oxygen atoms in total. The molecule has 0 bridgehead atoms. The Balaban J connectivity index is 0. The van der Waals surface area contributed by atoms with Gasteiger partial charge in [0, 0.05) is 37.6 Å². The minimum absolute atomic E-state index is 0. The zero-order chi connectivity index (χ0) is 37.0. The van der Waals surface area contributed by atoms with E-state index in [2.05, 4.69) is 126 Å². The van der Waals surface area contributed by atoms with E-state index < -0.39 is 0 Å². The number of allylic oxidation sites excluding steroid dienone is 2. The van der Waals surface area contributed by atoms with E-state index in [1.807, 2.05) is 0 Å². The van der Waals surface area contributed by atoms with Crippen molar-refractivity contribution < 1.29 is 21.3 Å². The van der Waals surface area contributed by atoms with Gasteiger partial charge in [0.2, 0.25) is 0 Å². The first-order valence-corrected chi connectivity index (χ1v) is 19.8. The minimum atomic E-state index is 0. The first-order chi connectivity index (χ1) is 23.9. The first kappa shape index (κ1) is 49.5. The van der Waals surface area contributed by atoms with Crippen LogP contribution in [0, 0.1) is 13.8 Å². The van der Waals surface area contributed by atoms with Crippen molar-refractivity contribution in [2.45, 2.75) is 153 Å². The van der Waals surface area contributed by atoms with Crippen molar-refractivity contribution in [3.63, 3.8) is 0 Å². The predicted octanol–water partition coefficient (Wildman–Crippen LogP) is 13.1. The molecule has 0 fully saturated rings. The maximum absolute atomic E-state index is 9.76. The molecule has 2 aromatic rings. The van der Waals surface area contributed by atoms with Gasteiger partial charge in [0.25, 0.3) is 0 Å². The van der Waals surface area contributed by atoms with E-state index in [1.165, 1.54) is 96.1 Å². The smallest absolute Gasteiger partial charge is 0.372 e. The number of rotatable bonds is 22. The molecule has 0 atom stereocenters. The molecule has 0 aliphatic rings. The van der Waals surface area contributed by atoms with Gasteiger partial charge in [0.15, 0.2) is 0 Å². The summed E-state index contributed by atoms with van der Waals surface area (Å²) in [6.45, 7) is 31.8. The Morgan fingerprint density at radius 1 is 0.600 bits per heavy atom. The first-order valence-electron chi connectivity index (χ1n) is 19.8. The molecule has 0 unspecified atom stereocenters. The Morgan fingerprint density at radius 3 is 1.40 bits per heavy atom. The molecule has 5 heteroatoms. The number of hydrogen-bond donors (Lipinski definition) is 0. The van der Waals surface area contributed by atoms with Gasteiger partial charge < -0.3 is 29.2 Å². The van der Waals surface area contributed by atoms with Crippen molar-refractivity contribution in [2.75, 3.05) is 36.0 Å². The van der Waals surface area contributed by atoms with Gasteiger partial charge in [-0.05, 0) is 124 Å². The fourth-order valence-corrected chi connectivity index (χ4v) is 6.55. The third-order valence-corrected chi connectivity index (χ3v) is 9.16. The molecule has 0 heterocycles. The fourth-order valence-electron chi connectivity index (χ4n) is 6.55. The summed E-state index contributed by atoms with van der Waals surface area (Å²) in [5.74, 6) is 3.03. The van der Waals surface area contributed by atoms with E-state index in [1.54, 1.807) is 13.8 Å². The van der Waals surface area contributed by atoms with Gasteiger partial charge in [-0.15, -0.1) is 4.79 Å². The van der Waals surface area contributed by atoms with E-state index in [-0.39, 0.29) is 16.5 Å². The molecule has 0 aliphatic heterocycles. The van der Waals surface area contributed by atoms with Crippen molar-refractivity contribution in [3.8, 4) is 0 Å². The minimum Gasteiger partial charge on any atom is -0.372 e. The molecular weight excluding hydrogens is 655 g/mol. The van der Waals surface area contributed by atoms with E-state index in [9.17, 15) is 5.53 Å². The summed E-state index contributed by atoms with van der Waals surface area (Å²) in [7, 11) is 0.